The second kappa shape index (κ2) is 1.60. The van der Waals surface area contributed by atoms with Gasteiger partial charge in [-0.05, 0) is 12.8 Å². The van der Waals surface area contributed by atoms with Gasteiger partial charge in [0.25, 0.3) is 0 Å². The first kappa shape index (κ1) is 5.99. The Morgan fingerprint density at radius 2 is 2.09 bits per heavy atom. The molecular formula is C8H11N3. The predicted molar refractivity (Wildman–Crippen MR) is 39.8 cm³/mol. The molecule has 1 spiro atoms. The number of nitrogens with zero attached hydrogens (tertiary/aromatic N) is 1. The summed E-state index contributed by atoms with van der Waals surface area (Å²) < 4.78 is 0. The smallest absolute Gasteiger partial charge is 0.0770 e. The molecule has 3 nitrogen and oxygen atoms in total. The molecular weight excluding hydrogens is 138 g/mol. The minimum absolute atomic E-state index is 0.231. The third-order valence-corrected chi connectivity index (χ3v) is 3.45. The van der Waals surface area contributed by atoms with Crippen molar-refractivity contribution in [2.75, 3.05) is 6.54 Å². The van der Waals surface area contributed by atoms with Crippen LogP contribution in [0.15, 0.2) is 0 Å². The molecule has 3 rings (SSSR count). The van der Waals surface area contributed by atoms with Gasteiger partial charge < -0.3 is 10.6 Å². The zero-order valence-corrected chi connectivity index (χ0v) is 6.30. The zero-order chi connectivity index (χ0) is 7.47. The highest BCUT2D eigenvalue weighted by atomic mass is 15.2. The molecule has 58 valence electrons. The van der Waals surface area contributed by atoms with Crippen LogP contribution < -0.4 is 10.6 Å². The van der Waals surface area contributed by atoms with Gasteiger partial charge in [-0.25, -0.2) is 0 Å². The first-order valence-corrected chi connectivity index (χ1v) is 4.25. The second-order valence-corrected chi connectivity index (χ2v) is 4.01. The molecule has 2 N–H and O–H groups in total. The first-order valence-electron chi connectivity index (χ1n) is 4.25. The fourth-order valence-electron chi connectivity index (χ4n) is 2.58. The molecule has 0 aromatic rings. The Balaban J connectivity index is 1.82. The summed E-state index contributed by atoms with van der Waals surface area (Å²) in [7, 11) is 0. The summed E-state index contributed by atoms with van der Waals surface area (Å²) in [6.45, 7) is 0.913. The van der Waals surface area contributed by atoms with Crippen LogP contribution in [0.1, 0.15) is 12.8 Å². The summed E-state index contributed by atoms with van der Waals surface area (Å²) in [6.07, 6.45) is 2.35. The van der Waals surface area contributed by atoms with E-state index in [4.69, 9.17) is 5.26 Å². The van der Waals surface area contributed by atoms with E-state index in [1.165, 1.54) is 12.8 Å². The van der Waals surface area contributed by atoms with Crippen molar-refractivity contribution in [3.05, 3.63) is 0 Å². The Bertz CT molecular complexity index is 232. The molecule has 3 fully saturated rings. The van der Waals surface area contributed by atoms with Crippen LogP contribution in [0.3, 0.4) is 0 Å². The molecule has 0 aromatic heterocycles. The number of hydrogen-bond acceptors (Lipinski definition) is 3. The van der Waals surface area contributed by atoms with Crippen LogP contribution in [-0.4, -0.2) is 24.2 Å². The lowest BCUT2D eigenvalue weighted by Gasteiger charge is -2.45. The van der Waals surface area contributed by atoms with E-state index in [-0.39, 0.29) is 11.5 Å². The number of fused-ring (bicyclic) bond motifs is 1. The van der Waals surface area contributed by atoms with Crippen LogP contribution in [0, 0.1) is 17.2 Å². The van der Waals surface area contributed by atoms with Crippen LogP contribution in [0.25, 0.3) is 0 Å². The summed E-state index contributed by atoms with van der Waals surface area (Å²) in [5, 5.41) is 15.6. The number of rotatable bonds is 0. The zero-order valence-electron chi connectivity index (χ0n) is 6.30. The molecule has 2 saturated heterocycles. The van der Waals surface area contributed by atoms with Gasteiger partial charge in [0.05, 0.1) is 12.0 Å². The maximum Gasteiger partial charge on any atom is 0.0770 e. The van der Waals surface area contributed by atoms with Crippen LogP contribution >= 0.6 is 0 Å². The number of piperidine rings is 1. The molecule has 0 bridgehead atoms. The molecule has 3 atom stereocenters. The summed E-state index contributed by atoms with van der Waals surface area (Å²) in [5.41, 5.74) is 0.231. The molecule has 3 heteroatoms. The minimum atomic E-state index is 0.231. The molecule has 3 aliphatic rings. The maximum absolute atomic E-state index is 8.80. The van der Waals surface area contributed by atoms with Gasteiger partial charge in [-0.15, -0.1) is 0 Å². The van der Waals surface area contributed by atoms with E-state index in [0.29, 0.717) is 0 Å². The van der Waals surface area contributed by atoms with E-state index >= 15 is 0 Å². The quantitative estimate of drug-likeness (QED) is 0.461. The lowest BCUT2D eigenvalue weighted by Crippen LogP contribution is -2.64. The normalized spacial score (nSPS) is 58.3. The molecule has 1 aliphatic carbocycles. The highest BCUT2D eigenvalue weighted by Gasteiger charge is 2.60. The predicted octanol–water partition coefficient (Wildman–Crippen LogP) is -0.398. The Labute approximate surface area is 65.8 Å². The van der Waals surface area contributed by atoms with E-state index in [1.807, 2.05) is 0 Å². The van der Waals surface area contributed by atoms with E-state index in [0.717, 1.165) is 18.6 Å². The van der Waals surface area contributed by atoms with Gasteiger partial charge in [0.2, 0.25) is 0 Å². The number of nitrogens with one attached hydrogen (secondary N) is 2. The van der Waals surface area contributed by atoms with Crippen molar-refractivity contribution in [2.45, 2.75) is 30.5 Å². The molecule has 11 heavy (non-hydrogen) atoms. The van der Waals surface area contributed by atoms with Gasteiger partial charge in [-0.3, -0.25) is 0 Å². The van der Waals surface area contributed by atoms with Gasteiger partial charge in [0, 0.05) is 24.2 Å². The van der Waals surface area contributed by atoms with E-state index in [9.17, 15) is 0 Å². The topological polar surface area (TPSA) is 57.8 Å². The van der Waals surface area contributed by atoms with Crippen molar-refractivity contribution in [1.29, 1.82) is 5.26 Å². The van der Waals surface area contributed by atoms with Crippen molar-refractivity contribution in [2.24, 2.45) is 5.92 Å². The average molecular weight is 149 g/mol. The van der Waals surface area contributed by atoms with E-state index < -0.39 is 0 Å². The fraction of sp³-hybridized carbons (Fsp3) is 0.875. The summed E-state index contributed by atoms with van der Waals surface area (Å²) in [4.78, 5) is 0. The Morgan fingerprint density at radius 1 is 1.36 bits per heavy atom. The standard InChI is InChI=1S/C8H11N3/c9-3-5-4-10-8(5)1-6-7(2-8)11-6/h5-7,10-11H,1-2,4H2. The van der Waals surface area contributed by atoms with E-state index in [2.05, 4.69) is 16.7 Å². The summed E-state index contributed by atoms with van der Waals surface area (Å²) in [6, 6.07) is 3.85. The molecule has 1 saturated carbocycles. The van der Waals surface area contributed by atoms with Gasteiger partial charge in [0.15, 0.2) is 0 Å². The fourth-order valence-corrected chi connectivity index (χ4v) is 2.58. The van der Waals surface area contributed by atoms with Crippen LogP contribution in [0.4, 0.5) is 0 Å². The summed E-state index contributed by atoms with van der Waals surface area (Å²) in [5.74, 6) is 0.289. The molecule has 2 aliphatic heterocycles. The lowest BCUT2D eigenvalue weighted by atomic mass is 9.75. The average Bonchev–Trinajstić information content (AvgIpc) is 2.58. The highest BCUT2D eigenvalue weighted by molar-refractivity contribution is 5.25. The van der Waals surface area contributed by atoms with Crippen molar-refractivity contribution in [3.8, 4) is 6.07 Å². The largest absolute Gasteiger partial charge is 0.308 e. The number of nitriles is 1. The van der Waals surface area contributed by atoms with Crippen molar-refractivity contribution < 1.29 is 0 Å². The third kappa shape index (κ3) is 0.597. The Kier molecular flexibility index (Phi) is 0.869. The molecule has 0 amide bonds. The molecule has 2 heterocycles. The molecule has 3 unspecified atom stereocenters. The molecule has 0 radical (unpaired) electrons. The monoisotopic (exact) mass is 149 g/mol. The van der Waals surface area contributed by atoms with Crippen molar-refractivity contribution in [3.63, 3.8) is 0 Å². The maximum atomic E-state index is 8.80. The van der Waals surface area contributed by atoms with Crippen LogP contribution in [-0.2, 0) is 0 Å². The van der Waals surface area contributed by atoms with Crippen molar-refractivity contribution in [1.82, 2.24) is 10.6 Å². The van der Waals surface area contributed by atoms with Crippen LogP contribution in [0.2, 0.25) is 0 Å². The van der Waals surface area contributed by atoms with Gasteiger partial charge in [-0.2, -0.15) is 5.26 Å². The SMILES string of the molecule is N#CC1CNC12CC1NC1C2. The van der Waals surface area contributed by atoms with Crippen LogP contribution in [0.5, 0.6) is 0 Å². The highest BCUT2D eigenvalue weighted by Crippen LogP contribution is 2.46. The summed E-state index contributed by atoms with van der Waals surface area (Å²) >= 11 is 0. The lowest BCUT2D eigenvalue weighted by molar-refractivity contribution is 0.138. The number of hydrogen-bond donors (Lipinski definition) is 2. The first-order chi connectivity index (χ1) is 5.34. The molecule has 0 aromatic carbocycles. The Morgan fingerprint density at radius 3 is 2.55 bits per heavy atom. The third-order valence-electron chi connectivity index (χ3n) is 3.45. The van der Waals surface area contributed by atoms with Crippen molar-refractivity contribution >= 4 is 0 Å². The Hall–Kier alpha value is -0.590. The van der Waals surface area contributed by atoms with Gasteiger partial charge in [-0.1, -0.05) is 0 Å². The second-order valence-electron chi connectivity index (χ2n) is 4.01. The van der Waals surface area contributed by atoms with Gasteiger partial charge in [0.1, 0.15) is 0 Å². The van der Waals surface area contributed by atoms with Gasteiger partial charge >= 0.3 is 0 Å². The van der Waals surface area contributed by atoms with E-state index in [1.54, 1.807) is 0 Å². The minimum Gasteiger partial charge on any atom is -0.308 e.